The molecule has 0 aliphatic carbocycles. The number of rotatable bonds is 6. The van der Waals surface area contributed by atoms with E-state index in [1.807, 2.05) is 12.1 Å². The molecule has 0 saturated carbocycles. The van der Waals surface area contributed by atoms with Crippen molar-refractivity contribution in [3.8, 4) is 5.75 Å². The lowest BCUT2D eigenvalue weighted by Crippen LogP contribution is -2.14. The summed E-state index contributed by atoms with van der Waals surface area (Å²) in [6, 6.07) is 13.3. The molecule has 7 nitrogen and oxygen atoms in total. The van der Waals surface area contributed by atoms with Crippen LogP contribution in [0.15, 0.2) is 59.8 Å². The van der Waals surface area contributed by atoms with E-state index in [1.54, 1.807) is 24.3 Å². The average molecular weight is 379 g/mol. The van der Waals surface area contributed by atoms with Gasteiger partial charge in [-0.05, 0) is 42.0 Å². The van der Waals surface area contributed by atoms with Crippen molar-refractivity contribution < 1.29 is 13.2 Å². The summed E-state index contributed by atoms with van der Waals surface area (Å²) in [5.74, 6) is 0.578. The highest BCUT2D eigenvalue weighted by atomic mass is 35.5. The summed E-state index contributed by atoms with van der Waals surface area (Å²) in [5, 5.41) is 4.78. The molecule has 0 fully saturated rings. The summed E-state index contributed by atoms with van der Waals surface area (Å²) < 4.78 is 33.6. The first kappa shape index (κ1) is 17.2. The monoisotopic (exact) mass is 378 g/mol. The van der Waals surface area contributed by atoms with Crippen molar-refractivity contribution in [3.63, 3.8) is 0 Å². The minimum absolute atomic E-state index is 0.00443. The molecule has 9 heteroatoms. The second-order valence-electron chi connectivity index (χ2n) is 5.17. The Balaban J connectivity index is 1.72. The van der Waals surface area contributed by atoms with Crippen LogP contribution in [0.1, 0.15) is 5.56 Å². The van der Waals surface area contributed by atoms with E-state index in [0.29, 0.717) is 17.3 Å². The van der Waals surface area contributed by atoms with E-state index in [2.05, 4.69) is 14.8 Å². The molecule has 0 saturated heterocycles. The minimum Gasteiger partial charge on any atom is -0.497 e. The lowest BCUT2D eigenvalue weighted by molar-refractivity contribution is 0.414. The van der Waals surface area contributed by atoms with Gasteiger partial charge >= 0.3 is 0 Å². The van der Waals surface area contributed by atoms with Gasteiger partial charge in [0.15, 0.2) is 0 Å². The second kappa shape index (κ2) is 7.12. The second-order valence-corrected chi connectivity index (χ2v) is 7.29. The molecule has 0 atom stereocenters. The van der Waals surface area contributed by atoms with Gasteiger partial charge in [0.2, 0.25) is 0 Å². The Hall–Kier alpha value is -2.58. The normalized spacial score (nSPS) is 11.3. The molecular weight excluding hydrogens is 364 g/mol. The van der Waals surface area contributed by atoms with E-state index in [-0.39, 0.29) is 10.8 Å². The summed E-state index contributed by atoms with van der Waals surface area (Å²) in [6.07, 6.45) is 1.46. The van der Waals surface area contributed by atoms with Crippen LogP contribution in [0.2, 0.25) is 5.02 Å². The number of hydrogen-bond acceptors (Lipinski definition) is 5. The van der Waals surface area contributed by atoms with Crippen molar-refractivity contribution in [3.05, 3.63) is 65.4 Å². The quantitative estimate of drug-likeness (QED) is 0.712. The summed E-state index contributed by atoms with van der Waals surface area (Å²) in [6.45, 7) is 0.453. The third-order valence-electron chi connectivity index (χ3n) is 3.39. The molecule has 0 unspecified atom stereocenters. The Morgan fingerprint density at radius 1 is 1.12 bits per heavy atom. The lowest BCUT2D eigenvalue weighted by atomic mass is 10.2. The first-order valence-corrected chi connectivity index (χ1v) is 9.13. The smallest absolute Gasteiger partial charge is 0.264 e. The molecule has 1 aromatic heterocycles. The SMILES string of the molecule is COc1ccc(S(=O)(=O)Nc2ncn(Cc3ccc(Cl)cc3)n2)cc1. The van der Waals surface area contributed by atoms with Crippen molar-refractivity contribution in [1.29, 1.82) is 0 Å². The van der Waals surface area contributed by atoms with Gasteiger partial charge in [-0.3, -0.25) is 0 Å². The van der Waals surface area contributed by atoms with Gasteiger partial charge in [-0.25, -0.2) is 17.8 Å². The maximum Gasteiger partial charge on any atom is 0.264 e. The molecule has 0 bridgehead atoms. The zero-order valence-corrected chi connectivity index (χ0v) is 14.8. The highest BCUT2D eigenvalue weighted by Crippen LogP contribution is 2.17. The number of anilines is 1. The van der Waals surface area contributed by atoms with Crippen molar-refractivity contribution in [1.82, 2.24) is 14.8 Å². The van der Waals surface area contributed by atoms with Gasteiger partial charge < -0.3 is 4.74 Å². The molecule has 25 heavy (non-hydrogen) atoms. The molecule has 130 valence electrons. The molecule has 3 rings (SSSR count). The van der Waals surface area contributed by atoms with Gasteiger partial charge in [-0.1, -0.05) is 23.7 Å². The van der Waals surface area contributed by atoms with E-state index in [9.17, 15) is 8.42 Å². The minimum atomic E-state index is -3.76. The third kappa shape index (κ3) is 4.28. The highest BCUT2D eigenvalue weighted by Gasteiger charge is 2.16. The lowest BCUT2D eigenvalue weighted by Gasteiger charge is -2.05. The molecule has 3 aromatic rings. The summed E-state index contributed by atoms with van der Waals surface area (Å²) >= 11 is 5.85. The number of methoxy groups -OCH3 is 1. The van der Waals surface area contributed by atoms with Crippen LogP contribution in [-0.4, -0.2) is 30.3 Å². The molecule has 0 radical (unpaired) electrons. The Bertz CT molecular complexity index is 954. The van der Waals surface area contributed by atoms with Gasteiger partial charge in [0.1, 0.15) is 12.1 Å². The standard InChI is InChI=1S/C16H15ClN4O3S/c1-24-14-6-8-15(9-7-14)25(22,23)20-16-18-11-21(19-16)10-12-2-4-13(17)5-3-12/h2-9,11H,10H2,1H3,(H,19,20). The predicted molar refractivity (Wildman–Crippen MR) is 94.4 cm³/mol. The van der Waals surface area contributed by atoms with Gasteiger partial charge in [-0.2, -0.15) is 4.98 Å². The van der Waals surface area contributed by atoms with Crippen molar-refractivity contribution in [2.75, 3.05) is 11.8 Å². The van der Waals surface area contributed by atoms with Crippen LogP contribution in [0.25, 0.3) is 0 Å². The Morgan fingerprint density at radius 2 is 1.80 bits per heavy atom. The van der Waals surface area contributed by atoms with Crippen LogP contribution in [0.3, 0.4) is 0 Å². The fourth-order valence-corrected chi connectivity index (χ4v) is 3.20. The van der Waals surface area contributed by atoms with Gasteiger partial charge in [0, 0.05) is 5.02 Å². The number of hydrogen-bond donors (Lipinski definition) is 1. The van der Waals surface area contributed by atoms with E-state index >= 15 is 0 Å². The maximum atomic E-state index is 12.4. The molecule has 1 heterocycles. The molecule has 0 aliphatic heterocycles. The molecule has 0 spiro atoms. The van der Waals surface area contributed by atoms with Gasteiger partial charge in [0.25, 0.3) is 16.0 Å². The van der Waals surface area contributed by atoms with Crippen molar-refractivity contribution in [2.24, 2.45) is 0 Å². The van der Waals surface area contributed by atoms with Gasteiger partial charge in [0.05, 0.1) is 18.6 Å². The molecule has 0 amide bonds. The zero-order valence-electron chi connectivity index (χ0n) is 13.3. The summed E-state index contributed by atoms with van der Waals surface area (Å²) in [5.41, 5.74) is 0.971. The van der Waals surface area contributed by atoms with Crippen LogP contribution in [0.5, 0.6) is 5.75 Å². The summed E-state index contributed by atoms with van der Waals surface area (Å²) in [7, 11) is -2.25. The predicted octanol–water partition coefficient (Wildman–Crippen LogP) is 2.79. The van der Waals surface area contributed by atoms with Crippen molar-refractivity contribution >= 4 is 27.6 Å². The first-order chi connectivity index (χ1) is 12.0. The van der Waals surface area contributed by atoms with Crippen LogP contribution >= 0.6 is 11.6 Å². The number of nitrogens with one attached hydrogen (secondary N) is 1. The Kier molecular flexibility index (Phi) is 4.91. The zero-order chi connectivity index (χ0) is 17.9. The Labute approximate surface area is 150 Å². The third-order valence-corrected chi connectivity index (χ3v) is 4.99. The average Bonchev–Trinajstić information content (AvgIpc) is 3.03. The van der Waals surface area contributed by atoms with Crippen LogP contribution in [0, 0.1) is 0 Å². The number of sulfonamides is 1. The largest absolute Gasteiger partial charge is 0.497 e. The number of aromatic nitrogens is 3. The van der Waals surface area contributed by atoms with E-state index in [4.69, 9.17) is 16.3 Å². The summed E-state index contributed by atoms with van der Waals surface area (Å²) in [4.78, 5) is 4.08. The fraction of sp³-hybridized carbons (Fsp3) is 0.125. The van der Waals surface area contributed by atoms with E-state index < -0.39 is 10.0 Å². The fourth-order valence-electron chi connectivity index (χ4n) is 2.13. The first-order valence-electron chi connectivity index (χ1n) is 7.27. The van der Waals surface area contributed by atoms with Gasteiger partial charge in [-0.15, -0.1) is 5.10 Å². The van der Waals surface area contributed by atoms with Crippen molar-refractivity contribution in [2.45, 2.75) is 11.4 Å². The molecule has 1 N–H and O–H groups in total. The molecule has 0 aliphatic rings. The number of ether oxygens (including phenoxy) is 1. The van der Waals surface area contributed by atoms with Crippen LogP contribution in [-0.2, 0) is 16.6 Å². The van der Waals surface area contributed by atoms with Crippen LogP contribution < -0.4 is 9.46 Å². The topological polar surface area (TPSA) is 86.1 Å². The molecular formula is C16H15ClN4O3S. The molecule has 2 aromatic carbocycles. The van der Waals surface area contributed by atoms with E-state index in [0.717, 1.165) is 5.56 Å². The van der Waals surface area contributed by atoms with Crippen LogP contribution in [0.4, 0.5) is 5.95 Å². The van der Waals surface area contributed by atoms with E-state index in [1.165, 1.54) is 30.3 Å². The Morgan fingerprint density at radius 3 is 2.44 bits per heavy atom. The number of halogens is 1. The number of benzene rings is 2. The highest BCUT2D eigenvalue weighted by molar-refractivity contribution is 7.92. The maximum absolute atomic E-state index is 12.4. The number of nitrogens with zero attached hydrogens (tertiary/aromatic N) is 3.